The zero-order valence-electron chi connectivity index (χ0n) is 10.3. The summed E-state index contributed by atoms with van der Waals surface area (Å²) in [6, 6.07) is 7.34. The molecule has 2 heteroatoms. The highest BCUT2D eigenvalue weighted by atomic mass is 16.1. The fraction of sp³-hybridized carbons (Fsp3) is 0.429. The van der Waals surface area contributed by atoms with Gasteiger partial charge in [-0.1, -0.05) is 44.5 Å². The third-order valence-corrected chi connectivity index (χ3v) is 2.50. The molecule has 0 aliphatic heterocycles. The molecular weight excluding hydrogens is 200 g/mol. The third kappa shape index (κ3) is 3.30. The van der Waals surface area contributed by atoms with E-state index in [2.05, 4.69) is 0 Å². The number of carbonyl (C=O) groups excluding carboxylic acids is 2. The first-order chi connectivity index (χ1) is 7.30. The smallest absolute Gasteiger partial charge is 0.170 e. The SMILES string of the molecule is Cc1cccc(C(=O)CC(=O)C(C)(C)C)c1. The number of carbonyl (C=O) groups is 2. The number of aryl methyl sites for hydroxylation is 1. The molecule has 0 saturated heterocycles. The third-order valence-electron chi connectivity index (χ3n) is 2.50. The predicted molar refractivity (Wildman–Crippen MR) is 64.6 cm³/mol. The van der Waals surface area contributed by atoms with Crippen LogP contribution in [0.1, 0.15) is 43.1 Å². The van der Waals surface area contributed by atoms with Crippen LogP contribution in [0.3, 0.4) is 0 Å². The molecule has 86 valence electrons. The Kier molecular flexibility index (Phi) is 3.63. The molecule has 0 unspecified atom stereocenters. The molecule has 1 aromatic rings. The Morgan fingerprint density at radius 1 is 1.19 bits per heavy atom. The molecule has 0 aromatic heterocycles. The van der Waals surface area contributed by atoms with Crippen molar-refractivity contribution < 1.29 is 9.59 Å². The Morgan fingerprint density at radius 2 is 1.81 bits per heavy atom. The first kappa shape index (κ1) is 12.6. The second kappa shape index (κ2) is 4.60. The van der Waals surface area contributed by atoms with E-state index < -0.39 is 5.41 Å². The summed E-state index contributed by atoms with van der Waals surface area (Å²) in [6.07, 6.45) is -0.00699. The number of ketones is 2. The van der Waals surface area contributed by atoms with Crippen molar-refractivity contribution in [2.24, 2.45) is 5.41 Å². The van der Waals surface area contributed by atoms with Crippen LogP contribution in [0.25, 0.3) is 0 Å². The van der Waals surface area contributed by atoms with Crippen LogP contribution in [0.15, 0.2) is 24.3 Å². The van der Waals surface area contributed by atoms with Crippen LogP contribution >= 0.6 is 0 Å². The van der Waals surface area contributed by atoms with Gasteiger partial charge in [0.05, 0.1) is 6.42 Å². The summed E-state index contributed by atoms with van der Waals surface area (Å²) >= 11 is 0. The van der Waals surface area contributed by atoms with Gasteiger partial charge in [0.1, 0.15) is 5.78 Å². The van der Waals surface area contributed by atoms with E-state index in [9.17, 15) is 9.59 Å². The molecule has 16 heavy (non-hydrogen) atoms. The molecule has 0 saturated carbocycles. The average Bonchev–Trinajstić information content (AvgIpc) is 2.16. The van der Waals surface area contributed by atoms with Gasteiger partial charge < -0.3 is 0 Å². The fourth-order valence-corrected chi connectivity index (χ4v) is 1.33. The van der Waals surface area contributed by atoms with Crippen molar-refractivity contribution in [3.8, 4) is 0 Å². The first-order valence-electron chi connectivity index (χ1n) is 5.44. The molecule has 1 aromatic carbocycles. The number of benzene rings is 1. The Morgan fingerprint density at radius 3 is 2.31 bits per heavy atom. The van der Waals surface area contributed by atoms with Crippen LogP contribution in [0.2, 0.25) is 0 Å². The lowest BCUT2D eigenvalue weighted by molar-refractivity contribution is -0.125. The van der Waals surface area contributed by atoms with Gasteiger partial charge in [-0.25, -0.2) is 0 Å². The monoisotopic (exact) mass is 218 g/mol. The molecule has 0 atom stereocenters. The highest BCUT2D eigenvalue weighted by Gasteiger charge is 2.23. The molecule has 2 nitrogen and oxygen atoms in total. The molecule has 1 rings (SSSR count). The minimum atomic E-state index is -0.445. The molecular formula is C14H18O2. The standard InChI is InChI=1S/C14H18O2/c1-10-6-5-7-11(8-10)12(15)9-13(16)14(2,3)4/h5-8H,9H2,1-4H3. The van der Waals surface area contributed by atoms with Crippen LogP contribution in [0, 0.1) is 12.3 Å². The van der Waals surface area contributed by atoms with Gasteiger partial charge in [0.2, 0.25) is 0 Å². The van der Waals surface area contributed by atoms with E-state index in [-0.39, 0.29) is 18.0 Å². The van der Waals surface area contributed by atoms with Gasteiger partial charge in [-0.3, -0.25) is 9.59 Å². The summed E-state index contributed by atoms with van der Waals surface area (Å²) in [5, 5.41) is 0. The molecule has 0 amide bonds. The molecule has 0 radical (unpaired) electrons. The second-order valence-corrected chi connectivity index (χ2v) is 5.14. The number of hydrogen-bond acceptors (Lipinski definition) is 2. The molecule has 0 N–H and O–H groups in total. The van der Waals surface area contributed by atoms with Crippen molar-refractivity contribution in [2.75, 3.05) is 0 Å². The van der Waals surface area contributed by atoms with Crippen molar-refractivity contribution in [3.05, 3.63) is 35.4 Å². The molecule has 0 heterocycles. The highest BCUT2D eigenvalue weighted by Crippen LogP contribution is 2.18. The Balaban J connectivity index is 2.78. The fourth-order valence-electron chi connectivity index (χ4n) is 1.33. The summed E-state index contributed by atoms with van der Waals surface area (Å²) in [5.41, 5.74) is 1.21. The lowest BCUT2D eigenvalue weighted by atomic mass is 9.87. The number of rotatable bonds is 3. The van der Waals surface area contributed by atoms with Crippen LogP contribution in [0.5, 0.6) is 0 Å². The van der Waals surface area contributed by atoms with Gasteiger partial charge in [0.25, 0.3) is 0 Å². The summed E-state index contributed by atoms with van der Waals surface area (Å²) < 4.78 is 0. The van der Waals surface area contributed by atoms with E-state index in [4.69, 9.17) is 0 Å². The molecule has 0 aliphatic rings. The van der Waals surface area contributed by atoms with Gasteiger partial charge in [-0.15, -0.1) is 0 Å². The van der Waals surface area contributed by atoms with E-state index in [1.165, 1.54) is 0 Å². The van der Waals surface area contributed by atoms with Crippen LogP contribution < -0.4 is 0 Å². The van der Waals surface area contributed by atoms with E-state index >= 15 is 0 Å². The zero-order chi connectivity index (χ0) is 12.3. The van der Waals surface area contributed by atoms with Crippen molar-refractivity contribution in [3.63, 3.8) is 0 Å². The van der Waals surface area contributed by atoms with Crippen LogP contribution in [0.4, 0.5) is 0 Å². The minimum Gasteiger partial charge on any atom is -0.299 e. The predicted octanol–water partition coefficient (Wildman–Crippen LogP) is 3.18. The normalized spacial score (nSPS) is 11.2. The van der Waals surface area contributed by atoms with Gasteiger partial charge >= 0.3 is 0 Å². The largest absolute Gasteiger partial charge is 0.299 e. The number of hydrogen-bond donors (Lipinski definition) is 0. The Labute approximate surface area is 96.7 Å². The molecule has 0 fully saturated rings. The Bertz CT molecular complexity index is 411. The van der Waals surface area contributed by atoms with Gasteiger partial charge in [0, 0.05) is 11.0 Å². The van der Waals surface area contributed by atoms with Crippen molar-refractivity contribution in [1.82, 2.24) is 0 Å². The second-order valence-electron chi connectivity index (χ2n) is 5.14. The first-order valence-corrected chi connectivity index (χ1v) is 5.44. The van der Waals surface area contributed by atoms with Crippen molar-refractivity contribution in [2.45, 2.75) is 34.1 Å². The maximum atomic E-state index is 11.8. The summed E-state index contributed by atoms with van der Waals surface area (Å²) in [6.45, 7) is 7.43. The van der Waals surface area contributed by atoms with Crippen molar-refractivity contribution in [1.29, 1.82) is 0 Å². The lowest BCUT2D eigenvalue weighted by Crippen LogP contribution is -2.23. The molecule has 0 aliphatic carbocycles. The minimum absolute atomic E-state index is 0.00699. The average molecular weight is 218 g/mol. The lowest BCUT2D eigenvalue weighted by Gasteiger charge is -2.15. The van der Waals surface area contributed by atoms with E-state index in [0.717, 1.165) is 5.56 Å². The summed E-state index contributed by atoms with van der Waals surface area (Å²) in [7, 11) is 0. The van der Waals surface area contributed by atoms with Gasteiger partial charge in [-0.2, -0.15) is 0 Å². The number of Topliss-reactive ketones (excluding diaryl/α,β-unsaturated/α-hetero) is 2. The summed E-state index contributed by atoms with van der Waals surface area (Å²) in [5.74, 6) is -0.109. The van der Waals surface area contributed by atoms with Crippen LogP contribution in [-0.4, -0.2) is 11.6 Å². The van der Waals surface area contributed by atoms with Crippen LogP contribution in [-0.2, 0) is 4.79 Å². The van der Waals surface area contributed by atoms with E-state index in [1.54, 1.807) is 6.07 Å². The van der Waals surface area contributed by atoms with Gasteiger partial charge in [-0.05, 0) is 13.0 Å². The maximum absolute atomic E-state index is 11.8. The highest BCUT2D eigenvalue weighted by molar-refractivity contribution is 6.09. The summed E-state index contributed by atoms with van der Waals surface area (Å²) in [4.78, 5) is 23.5. The molecule has 0 spiro atoms. The molecule has 0 bridgehead atoms. The zero-order valence-corrected chi connectivity index (χ0v) is 10.3. The Hall–Kier alpha value is -1.44. The van der Waals surface area contributed by atoms with E-state index in [0.29, 0.717) is 5.56 Å². The topological polar surface area (TPSA) is 34.1 Å². The maximum Gasteiger partial charge on any atom is 0.170 e. The van der Waals surface area contributed by atoms with Crippen molar-refractivity contribution >= 4 is 11.6 Å². The van der Waals surface area contributed by atoms with Gasteiger partial charge in [0.15, 0.2) is 5.78 Å². The quantitative estimate of drug-likeness (QED) is 0.576. The van der Waals surface area contributed by atoms with E-state index in [1.807, 2.05) is 45.9 Å².